The number of carbonyl (C=O) groups is 1. The molecule has 1 aliphatic rings. The van der Waals surface area contributed by atoms with Crippen LogP contribution in [0.4, 0.5) is 15.8 Å². The first-order chi connectivity index (χ1) is 20.3. The Morgan fingerprint density at radius 1 is 1.05 bits per heavy atom. The smallest absolute Gasteiger partial charge is 0.226 e. The van der Waals surface area contributed by atoms with Crippen molar-refractivity contribution in [2.45, 2.75) is 46.2 Å². The molecule has 9 heteroatoms. The highest BCUT2D eigenvalue weighted by Crippen LogP contribution is 2.41. The maximum atomic E-state index is 14.1. The lowest BCUT2D eigenvalue weighted by Gasteiger charge is -2.28. The van der Waals surface area contributed by atoms with Crippen molar-refractivity contribution in [2.24, 2.45) is 0 Å². The second-order valence-electron chi connectivity index (χ2n) is 10.4. The molecule has 3 heterocycles. The molecule has 218 valence electrons. The number of nitrogens with zero attached hydrogens (tertiary/aromatic N) is 4. The molecular weight excluding hydrogens is 547 g/mol. The largest absolute Gasteiger partial charge is 0.372 e. The molecule has 0 unspecified atom stereocenters. The summed E-state index contributed by atoms with van der Waals surface area (Å²) in [5.74, 6) is -0.739. The van der Waals surface area contributed by atoms with Crippen molar-refractivity contribution in [1.82, 2.24) is 19.8 Å². The molecule has 7 nitrogen and oxygen atoms in total. The fourth-order valence-corrected chi connectivity index (χ4v) is 6.20. The van der Waals surface area contributed by atoms with Crippen molar-refractivity contribution in [3.63, 3.8) is 0 Å². The van der Waals surface area contributed by atoms with Crippen molar-refractivity contribution >= 4 is 34.6 Å². The average Bonchev–Trinajstić information content (AvgIpc) is 3.48. The van der Waals surface area contributed by atoms with Gasteiger partial charge in [-0.25, -0.2) is 4.39 Å². The van der Waals surface area contributed by atoms with E-state index in [-0.39, 0.29) is 30.1 Å². The third kappa shape index (κ3) is 5.87. The predicted octanol–water partition coefficient (Wildman–Crippen LogP) is 6.48. The Balaban J connectivity index is 1.46. The number of anilines is 2. The zero-order valence-corrected chi connectivity index (χ0v) is 25.3. The van der Waals surface area contributed by atoms with Gasteiger partial charge in [0.15, 0.2) is 5.11 Å². The van der Waals surface area contributed by atoms with Gasteiger partial charge in [-0.1, -0.05) is 18.2 Å². The Labute approximate surface area is 252 Å². The van der Waals surface area contributed by atoms with Crippen molar-refractivity contribution < 1.29 is 9.18 Å². The monoisotopic (exact) mass is 584 g/mol. The van der Waals surface area contributed by atoms with E-state index in [4.69, 9.17) is 12.2 Å². The van der Waals surface area contributed by atoms with Gasteiger partial charge in [-0.2, -0.15) is 0 Å². The Hall–Kier alpha value is -4.24. The van der Waals surface area contributed by atoms with Crippen LogP contribution >= 0.6 is 12.2 Å². The molecular formula is C33H37FN6OS. The zero-order valence-electron chi connectivity index (χ0n) is 24.5. The van der Waals surface area contributed by atoms with E-state index in [0.717, 1.165) is 41.4 Å². The highest BCUT2D eigenvalue weighted by Gasteiger charge is 2.41. The van der Waals surface area contributed by atoms with Crippen LogP contribution in [0.3, 0.4) is 0 Å². The van der Waals surface area contributed by atoms with Gasteiger partial charge in [0.05, 0.1) is 23.5 Å². The van der Waals surface area contributed by atoms with Gasteiger partial charge in [0.25, 0.3) is 0 Å². The first kappa shape index (κ1) is 29.3. The number of halogens is 1. The summed E-state index contributed by atoms with van der Waals surface area (Å²) in [6.45, 7) is 10.8. The second-order valence-corrected chi connectivity index (χ2v) is 10.8. The van der Waals surface area contributed by atoms with Crippen LogP contribution in [0, 0.1) is 19.7 Å². The SMILES string of the molecule is CCN(CC)c1ccc(-n2c(C)cc([C@@H]3[C@H](c4ccccn4)NC(=S)N3CCC(=O)Nc3ccccc3F)c2C)cc1. The molecule has 2 atom stereocenters. The normalized spacial score (nSPS) is 16.4. The van der Waals surface area contributed by atoms with Crippen LogP contribution in [0.5, 0.6) is 0 Å². The number of hydrogen-bond donors (Lipinski definition) is 2. The van der Waals surface area contributed by atoms with Crippen LogP contribution in [-0.4, -0.2) is 45.1 Å². The third-order valence-electron chi connectivity index (χ3n) is 7.95. The Kier molecular flexibility index (Phi) is 8.87. The number of thiocarbonyl (C=S) groups is 1. The molecule has 0 spiro atoms. The fraction of sp³-hybridized carbons (Fsp3) is 0.303. The van der Waals surface area contributed by atoms with E-state index < -0.39 is 5.82 Å². The van der Waals surface area contributed by atoms with E-state index in [1.807, 2.05) is 18.2 Å². The van der Waals surface area contributed by atoms with Gasteiger partial charge < -0.3 is 25.0 Å². The quantitative estimate of drug-likeness (QED) is 0.208. The maximum absolute atomic E-state index is 14.1. The molecule has 1 fully saturated rings. The molecule has 5 rings (SSSR count). The second kappa shape index (κ2) is 12.7. The van der Waals surface area contributed by atoms with Crippen LogP contribution in [0.25, 0.3) is 5.69 Å². The summed E-state index contributed by atoms with van der Waals surface area (Å²) in [7, 11) is 0. The molecule has 0 radical (unpaired) electrons. The van der Waals surface area contributed by atoms with Crippen molar-refractivity contribution in [1.29, 1.82) is 0 Å². The van der Waals surface area contributed by atoms with Gasteiger partial charge in [0.2, 0.25) is 5.91 Å². The summed E-state index contributed by atoms with van der Waals surface area (Å²) in [5.41, 5.74) is 6.64. The first-order valence-electron chi connectivity index (χ1n) is 14.4. The van der Waals surface area contributed by atoms with Gasteiger partial charge in [-0.15, -0.1) is 0 Å². The number of pyridine rings is 1. The van der Waals surface area contributed by atoms with E-state index >= 15 is 0 Å². The molecule has 2 aromatic heterocycles. The highest BCUT2D eigenvalue weighted by molar-refractivity contribution is 7.80. The van der Waals surface area contributed by atoms with E-state index in [9.17, 15) is 9.18 Å². The van der Waals surface area contributed by atoms with Crippen molar-refractivity contribution in [3.8, 4) is 5.69 Å². The van der Waals surface area contributed by atoms with E-state index in [0.29, 0.717) is 11.7 Å². The van der Waals surface area contributed by atoms with Crippen molar-refractivity contribution in [3.05, 3.63) is 107 Å². The lowest BCUT2D eigenvalue weighted by Crippen LogP contribution is -2.33. The molecule has 2 N–H and O–H groups in total. The van der Waals surface area contributed by atoms with E-state index in [1.165, 1.54) is 11.8 Å². The summed E-state index contributed by atoms with van der Waals surface area (Å²) >= 11 is 5.82. The van der Waals surface area contributed by atoms with Crippen LogP contribution in [0.2, 0.25) is 0 Å². The first-order valence-corrected chi connectivity index (χ1v) is 14.8. The van der Waals surface area contributed by atoms with E-state index in [2.05, 4.69) is 88.0 Å². The number of amides is 1. The summed E-state index contributed by atoms with van der Waals surface area (Å²) < 4.78 is 16.4. The highest BCUT2D eigenvalue weighted by atomic mass is 32.1. The van der Waals surface area contributed by atoms with Crippen LogP contribution in [0.15, 0.2) is 79.0 Å². The number of aryl methyl sites for hydroxylation is 1. The minimum Gasteiger partial charge on any atom is -0.372 e. The number of rotatable bonds is 10. The number of para-hydroxylation sites is 1. The number of nitrogens with one attached hydrogen (secondary N) is 2. The number of carbonyl (C=O) groups excluding carboxylic acids is 1. The molecule has 0 saturated carbocycles. The van der Waals surface area contributed by atoms with Crippen LogP contribution < -0.4 is 15.5 Å². The Morgan fingerprint density at radius 2 is 1.76 bits per heavy atom. The molecule has 1 aliphatic heterocycles. The van der Waals surface area contributed by atoms with Gasteiger partial charge in [0, 0.05) is 55.0 Å². The lowest BCUT2D eigenvalue weighted by molar-refractivity contribution is -0.116. The van der Waals surface area contributed by atoms with Gasteiger partial charge in [0.1, 0.15) is 5.82 Å². The molecule has 1 saturated heterocycles. The average molecular weight is 585 g/mol. The predicted molar refractivity (Wildman–Crippen MR) is 171 cm³/mol. The fourth-order valence-electron chi connectivity index (χ4n) is 5.87. The molecule has 0 aliphatic carbocycles. The summed E-state index contributed by atoms with van der Waals surface area (Å²) in [6, 6.07) is 22.5. The molecule has 4 aromatic rings. The standard InChI is InChI=1S/C33H37FN6OS/c1-5-38(6-2)24-14-16-25(17-15-24)40-22(3)21-26(23(40)4)32-31(29-13-9-10-19-35-29)37-33(42)39(32)20-18-30(41)36-28-12-8-7-11-27(28)34/h7-17,19,21,31-32H,5-6,18,20H2,1-4H3,(H,36,41)(H,37,42)/t31-,32+/m0/s1. The third-order valence-corrected chi connectivity index (χ3v) is 8.30. The van der Waals surface area contributed by atoms with Crippen LogP contribution in [0.1, 0.15) is 55.0 Å². The zero-order chi connectivity index (χ0) is 29.8. The van der Waals surface area contributed by atoms with Gasteiger partial charge in [-0.3, -0.25) is 9.78 Å². The molecule has 2 aromatic carbocycles. The number of benzene rings is 2. The number of hydrogen-bond acceptors (Lipinski definition) is 4. The lowest BCUT2D eigenvalue weighted by atomic mass is 9.96. The van der Waals surface area contributed by atoms with Crippen LogP contribution in [-0.2, 0) is 4.79 Å². The van der Waals surface area contributed by atoms with Gasteiger partial charge in [-0.05, 0) is 100 Å². The van der Waals surface area contributed by atoms with E-state index in [1.54, 1.807) is 24.4 Å². The summed E-state index contributed by atoms with van der Waals surface area (Å²) in [6.07, 6.45) is 1.93. The Morgan fingerprint density at radius 3 is 2.43 bits per heavy atom. The molecule has 42 heavy (non-hydrogen) atoms. The summed E-state index contributed by atoms with van der Waals surface area (Å²) in [5, 5.41) is 6.72. The van der Waals surface area contributed by atoms with Crippen molar-refractivity contribution in [2.75, 3.05) is 29.9 Å². The topological polar surface area (TPSA) is 65.4 Å². The number of aromatic nitrogens is 2. The molecule has 1 amide bonds. The molecule has 0 bridgehead atoms. The maximum Gasteiger partial charge on any atom is 0.226 e. The van der Waals surface area contributed by atoms with Gasteiger partial charge >= 0.3 is 0 Å². The Bertz CT molecular complexity index is 1550. The minimum atomic E-state index is -0.463. The minimum absolute atomic E-state index is 0.146. The summed E-state index contributed by atoms with van der Waals surface area (Å²) in [4.78, 5) is 21.9.